The van der Waals surface area contributed by atoms with Crippen molar-refractivity contribution in [2.24, 2.45) is 0 Å². The second-order valence-corrected chi connectivity index (χ2v) is 6.24. The number of hydrogen-bond acceptors (Lipinski definition) is 3. The number of rotatable bonds is 7. The molecule has 0 aliphatic heterocycles. The average molecular weight is 289 g/mol. The minimum absolute atomic E-state index is 0.107. The number of hydrogen-bond donors (Lipinski definition) is 1. The number of benzene rings is 1. The molecule has 21 heavy (non-hydrogen) atoms. The fraction of sp³-hybridized carbons (Fsp3) is 0.611. The summed E-state index contributed by atoms with van der Waals surface area (Å²) in [7, 11) is 0. The molecule has 0 spiro atoms. The minimum atomic E-state index is -0.107. The van der Waals surface area contributed by atoms with E-state index in [9.17, 15) is 4.79 Å². The topological polar surface area (TPSA) is 40.5 Å². The summed E-state index contributed by atoms with van der Waals surface area (Å²) < 4.78 is 0. The van der Waals surface area contributed by atoms with Crippen LogP contribution in [0.2, 0.25) is 0 Å². The van der Waals surface area contributed by atoms with Gasteiger partial charge in [0.05, 0.1) is 6.04 Å². The average Bonchev–Trinajstić information content (AvgIpc) is 2.42. The first-order chi connectivity index (χ1) is 10.0. The Kier molecular flexibility index (Phi) is 5.54. The van der Waals surface area contributed by atoms with Gasteiger partial charge < -0.3 is 5.11 Å². The molecule has 1 aromatic carbocycles. The Morgan fingerprint density at radius 3 is 2.57 bits per heavy atom. The van der Waals surface area contributed by atoms with Crippen LogP contribution >= 0.6 is 0 Å². The molecular formula is C18H27NO2. The summed E-state index contributed by atoms with van der Waals surface area (Å²) in [6, 6.07) is 6.37. The van der Waals surface area contributed by atoms with E-state index >= 15 is 0 Å². The molecule has 0 radical (unpaired) electrons. The Labute approximate surface area is 128 Å². The van der Waals surface area contributed by atoms with Crippen LogP contribution in [0.1, 0.15) is 54.1 Å². The van der Waals surface area contributed by atoms with Crippen molar-refractivity contribution in [2.45, 2.75) is 58.5 Å². The highest BCUT2D eigenvalue weighted by Gasteiger charge is 2.31. The molecule has 3 heteroatoms. The molecule has 1 saturated carbocycles. The van der Waals surface area contributed by atoms with Crippen LogP contribution in [0.15, 0.2) is 18.2 Å². The number of carbonyl (C=O) groups is 1. The molecule has 1 aliphatic carbocycles. The van der Waals surface area contributed by atoms with Gasteiger partial charge in [0.15, 0.2) is 5.78 Å². The summed E-state index contributed by atoms with van der Waals surface area (Å²) in [5, 5.41) is 9.08. The zero-order chi connectivity index (χ0) is 15.4. The summed E-state index contributed by atoms with van der Waals surface area (Å²) in [5.74, 6) is 0.197. The van der Waals surface area contributed by atoms with Gasteiger partial charge in [-0.3, -0.25) is 9.69 Å². The van der Waals surface area contributed by atoms with Crippen molar-refractivity contribution >= 4 is 5.78 Å². The van der Waals surface area contributed by atoms with Crippen LogP contribution in [0.5, 0.6) is 0 Å². The first-order valence-electron chi connectivity index (χ1n) is 8.02. The first kappa shape index (κ1) is 16.2. The highest BCUT2D eigenvalue weighted by molar-refractivity contribution is 6.00. The summed E-state index contributed by atoms with van der Waals surface area (Å²) in [6.45, 7) is 7.11. The third kappa shape index (κ3) is 3.72. The summed E-state index contributed by atoms with van der Waals surface area (Å²) in [6.07, 6.45) is 4.35. The number of aliphatic hydroxyl groups excluding tert-OH is 1. The molecule has 3 nitrogen and oxygen atoms in total. The van der Waals surface area contributed by atoms with Gasteiger partial charge in [-0.1, -0.05) is 18.6 Å². The summed E-state index contributed by atoms with van der Waals surface area (Å²) in [4.78, 5) is 15.0. The lowest BCUT2D eigenvalue weighted by Crippen LogP contribution is -2.49. The zero-order valence-corrected chi connectivity index (χ0v) is 13.4. The van der Waals surface area contributed by atoms with Crippen molar-refractivity contribution in [1.82, 2.24) is 4.90 Å². The molecule has 1 aromatic rings. The molecule has 0 bridgehead atoms. The Morgan fingerprint density at radius 1 is 1.33 bits per heavy atom. The molecule has 1 atom stereocenters. The van der Waals surface area contributed by atoms with Crippen molar-refractivity contribution in [3.8, 4) is 0 Å². The lowest BCUT2D eigenvalue weighted by atomic mass is 9.89. The van der Waals surface area contributed by atoms with Gasteiger partial charge in [-0.15, -0.1) is 0 Å². The Balaban J connectivity index is 2.12. The highest BCUT2D eigenvalue weighted by Crippen LogP contribution is 2.27. The van der Waals surface area contributed by atoms with E-state index < -0.39 is 0 Å². The minimum Gasteiger partial charge on any atom is -0.396 e. The van der Waals surface area contributed by atoms with Crippen molar-refractivity contribution in [3.63, 3.8) is 0 Å². The normalized spacial score (nSPS) is 16.8. The van der Waals surface area contributed by atoms with Crippen molar-refractivity contribution in [3.05, 3.63) is 34.9 Å². The quantitative estimate of drug-likeness (QED) is 0.784. The maximum absolute atomic E-state index is 12.8. The molecule has 2 rings (SSSR count). The monoisotopic (exact) mass is 289 g/mol. The second kappa shape index (κ2) is 7.19. The van der Waals surface area contributed by atoms with Crippen molar-refractivity contribution in [1.29, 1.82) is 0 Å². The molecule has 0 heterocycles. The van der Waals surface area contributed by atoms with Crippen LogP contribution in [0, 0.1) is 13.8 Å². The smallest absolute Gasteiger partial charge is 0.179 e. The van der Waals surface area contributed by atoms with Crippen LogP contribution in [0.3, 0.4) is 0 Å². The standard InChI is InChI=1S/C18H27NO2/c1-13-8-9-16(12-14(13)2)18(21)15(3)19(10-5-11-20)17-6-4-7-17/h8-9,12,15,17,20H,4-7,10-11H2,1-3H3. The molecule has 1 fully saturated rings. The van der Waals surface area contributed by atoms with Crippen LogP contribution < -0.4 is 0 Å². The number of ketones is 1. The molecule has 1 aliphatic rings. The zero-order valence-electron chi connectivity index (χ0n) is 13.4. The van der Waals surface area contributed by atoms with Gasteiger partial charge in [0.1, 0.15) is 0 Å². The molecule has 1 unspecified atom stereocenters. The Bertz CT molecular complexity index is 494. The molecule has 116 valence electrons. The molecule has 1 N–H and O–H groups in total. The van der Waals surface area contributed by atoms with Gasteiger partial charge in [-0.25, -0.2) is 0 Å². The van der Waals surface area contributed by atoms with Gasteiger partial charge in [0.2, 0.25) is 0 Å². The third-order valence-electron chi connectivity index (χ3n) is 4.79. The van der Waals surface area contributed by atoms with Crippen LogP contribution in [-0.4, -0.2) is 41.0 Å². The lowest BCUT2D eigenvalue weighted by Gasteiger charge is -2.40. The van der Waals surface area contributed by atoms with Crippen LogP contribution in [-0.2, 0) is 0 Å². The van der Waals surface area contributed by atoms with E-state index in [4.69, 9.17) is 5.11 Å². The second-order valence-electron chi connectivity index (χ2n) is 6.24. The lowest BCUT2D eigenvalue weighted by molar-refractivity contribution is 0.0584. The summed E-state index contributed by atoms with van der Waals surface area (Å²) in [5.41, 5.74) is 3.19. The van der Waals surface area contributed by atoms with E-state index in [-0.39, 0.29) is 18.4 Å². The van der Waals surface area contributed by atoms with Crippen molar-refractivity contribution < 1.29 is 9.90 Å². The maximum Gasteiger partial charge on any atom is 0.179 e. The van der Waals surface area contributed by atoms with E-state index in [1.807, 2.05) is 32.0 Å². The number of aryl methyl sites for hydroxylation is 2. The fourth-order valence-electron chi connectivity index (χ4n) is 2.95. The number of aliphatic hydroxyl groups is 1. The van der Waals surface area contributed by atoms with Gasteiger partial charge >= 0.3 is 0 Å². The predicted octanol–water partition coefficient (Wildman–Crippen LogP) is 3.11. The van der Waals surface area contributed by atoms with Crippen molar-refractivity contribution in [2.75, 3.05) is 13.2 Å². The maximum atomic E-state index is 12.8. The van der Waals surface area contributed by atoms with E-state index in [0.29, 0.717) is 6.04 Å². The Morgan fingerprint density at radius 2 is 2.05 bits per heavy atom. The fourth-order valence-corrected chi connectivity index (χ4v) is 2.95. The predicted molar refractivity (Wildman–Crippen MR) is 85.8 cm³/mol. The largest absolute Gasteiger partial charge is 0.396 e. The van der Waals surface area contributed by atoms with Crippen LogP contribution in [0.25, 0.3) is 0 Å². The van der Waals surface area contributed by atoms with Gasteiger partial charge in [0.25, 0.3) is 0 Å². The van der Waals surface area contributed by atoms with Gasteiger partial charge in [-0.2, -0.15) is 0 Å². The number of nitrogens with zero attached hydrogens (tertiary/aromatic N) is 1. The molecular weight excluding hydrogens is 262 g/mol. The van der Waals surface area contributed by atoms with E-state index in [1.54, 1.807) is 0 Å². The number of carbonyl (C=O) groups excluding carboxylic acids is 1. The van der Waals surface area contributed by atoms with Gasteiger partial charge in [-0.05, 0) is 57.2 Å². The number of Topliss-reactive ketones (excluding diaryl/α,β-unsaturated/α-hetero) is 1. The van der Waals surface area contributed by atoms with Gasteiger partial charge in [0, 0.05) is 24.8 Å². The van der Waals surface area contributed by atoms with E-state index in [2.05, 4.69) is 11.8 Å². The Hall–Kier alpha value is -1.19. The first-order valence-corrected chi connectivity index (χ1v) is 8.02. The molecule has 0 amide bonds. The molecule has 0 saturated heterocycles. The van der Waals surface area contributed by atoms with E-state index in [1.165, 1.54) is 30.4 Å². The van der Waals surface area contributed by atoms with Crippen LogP contribution in [0.4, 0.5) is 0 Å². The highest BCUT2D eigenvalue weighted by atomic mass is 16.3. The third-order valence-corrected chi connectivity index (χ3v) is 4.79. The SMILES string of the molecule is Cc1ccc(C(=O)C(C)N(CCCO)C2CCC2)cc1C. The van der Waals surface area contributed by atoms with E-state index in [0.717, 1.165) is 18.5 Å². The molecule has 0 aromatic heterocycles. The summed E-state index contributed by atoms with van der Waals surface area (Å²) >= 11 is 0.